The van der Waals surface area contributed by atoms with Crippen molar-refractivity contribution in [3.8, 4) is 11.5 Å². The molecular formula is C12H16ClFO3. The van der Waals surface area contributed by atoms with Crippen LogP contribution in [0.25, 0.3) is 0 Å². The summed E-state index contributed by atoms with van der Waals surface area (Å²) in [4.78, 5) is 0. The van der Waals surface area contributed by atoms with Gasteiger partial charge < -0.3 is 14.6 Å². The van der Waals surface area contributed by atoms with Crippen molar-refractivity contribution in [3.05, 3.63) is 22.5 Å². The van der Waals surface area contributed by atoms with Gasteiger partial charge in [0.05, 0.1) is 25.8 Å². The number of hydrogen-bond acceptors (Lipinski definition) is 3. The maximum Gasteiger partial charge on any atom is 0.198 e. The summed E-state index contributed by atoms with van der Waals surface area (Å²) < 4.78 is 23.8. The summed E-state index contributed by atoms with van der Waals surface area (Å²) in [5.41, 5.74) is 0.00132. The lowest BCUT2D eigenvalue weighted by molar-refractivity contribution is 0.213. The second kappa shape index (κ2) is 5.10. The zero-order valence-electron chi connectivity index (χ0n) is 10.3. The molecule has 0 radical (unpaired) electrons. The molecular weight excluding hydrogens is 247 g/mol. The van der Waals surface area contributed by atoms with Crippen LogP contribution in [0.15, 0.2) is 6.07 Å². The lowest BCUT2D eigenvalue weighted by Crippen LogP contribution is -2.23. The Morgan fingerprint density at radius 3 is 2.24 bits per heavy atom. The summed E-state index contributed by atoms with van der Waals surface area (Å²) in [7, 11) is 2.76. The van der Waals surface area contributed by atoms with Crippen LogP contribution in [-0.4, -0.2) is 25.9 Å². The number of benzene rings is 1. The number of hydrogen-bond donors (Lipinski definition) is 1. The molecule has 0 saturated carbocycles. The van der Waals surface area contributed by atoms with Crippen molar-refractivity contribution < 1.29 is 19.0 Å². The zero-order valence-corrected chi connectivity index (χ0v) is 11.1. The van der Waals surface area contributed by atoms with E-state index in [-0.39, 0.29) is 23.1 Å². The first-order chi connectivity index (χ1) is 7.88. The van der Waals surface area contributed by atoms with Gasteiger partial charge in [-0.25, -0.2) is 4.39 Å². The van der Waals surface area contributed by atoms with Crippen LogP contribution in [0.2, 0.25) is 5.02 Å². The van der Waals surface area contributed by atoms with E-state index in [2.05, 4.69) is 0 Å². The maximum absolute atomic E-state index is 13.7. The van der Waals surface area contributed by atoms with Crippen LogP contribution in [0.4, 0.5) is 4.39 Å². The summed E-state index contributed by atoms with van der Waals surface area (Å²) in [6, 6.07) is 1.45. The molecule has 0 fully saturated rings. The van der Waals surface area contributed by atoms with E-state index in [1.165, 1.54) is 20.3 Å². The average molecular weight is 263 g/mol. The standard InChI is InChI=1S/C12H16ClFO3/c1-12(2,6-15)7-5-8(13)9(14)11(17-4)10(7)16-3/h5,15H,6H2,1-4H3. The lowest BCUT2D eigenvalue weighted by atomic mass is 9.84. The molecule has 0 saturated heterocycles. The van der Waals surface area contributed by atoms with Crippen LogP contribution in [-0.2, 0) is 5.41 Å². The number of ether oxygens (including phenoxy) is 2. The molecule has 0 heterocycles. The Morgan fingerprint density at radius 1 is 1.29 bits per heavy atom. The van der Waals surface area contributed by atoms with Gasteiger partial charge in [0.2, 0.25) is 0 Å². The minimum Gasteiger partial charge on any atom is -0.492 e. The van der Waals surface area contributed by atoms with E-state index in [0.717, 1.165) is 0 Å². The van der Waals surface area contributed by atoms with E-state index in [9.17, 15) is 9.50 Å². The Labute approximate surface area is 105 Å². The molecule has 0 atom stereocenters. The van der Waals surface area contributed by atoms with Crippen molar-refractivity contribution in [2.45, 2.75) is 19.3 Å². The monoisotopic (exact) mass is 262 g/mol. The second-order valence-electron chi connectivity index (χ2n) is 4.33. The van der Waals surface area contributed by atoms with Crippen LogP contribution in [0.1, 0.15) is 19.4 Å². The first-order valence-electron chi connectivity index (χ1n) is 5.10. The van der Waals surface area contributed by atoms with Gasteiger partial charge in [-0.15, -0.1) is 0 Å². The van der Waals surface area contributed by atoms with E-state index >= 15 is 0 Å². The van der Waals surface area contributed by atoms with Crippen LogP contribution < -0.4 is 9.47 Å². The van der Waals surface area contributed by atoms with Crippen molar-refractivity contribution in [1.29, 1.82) is 0 Å². The third-order valence-electron chi connectivity index (χ3n) is 2.66. The largest absolute Gasteiger partial charge is 0.492 e. The maximum atomic E-state index is 13.7. The first-order valence-corrected chi connectivity index (χ1v) is 5.48. The normalized spacial score (nSPS) is 11.5. The molecule has 1 aromatic rings. The minimum absolute atomic E-state index is 0.0449. The van der Waals surface area contributed by atoms with Gasteiger partial charge in [-0.2, -0.15) is 0 Å². The van der Waals surface area contributed by atoms with Gasteiger partial charge in [-0.1, -0.05) is 25.4 Å². The molecule has 0 aromatic heterocycles. The fourth-order valence-corrected chi connectivity index (χ4v) is 1.75. The van der Waals surface area contributed by atoms with Gasteiger partial charge in [-0.3, -0.25) is 0 Å². The van der Waals surface area contributed by atoms with E-state index in [1.54, 1.807) is 13.8 Å². The molecule has 0 bridgehead atoms. The Kier molecular flexibility index (Phi) is 4.22. The Balaban J connectivity index is 3.56. The number of methoxy groups -OCH3 is 2. The van der Waals surface area contributed by atoms with Gasteiger partial charge in [-0.05, 0) is 6.07 Å². The van der Waals surface area contributed by atoms with E-state index in [0.29, 0.717) is 5.56 Å². The molecule has 0 aliphatic carbocycles. The number of aliphatic hydroxyl groups excluding tert-OH is 1. The Hall–Kier alpha value is -1.00. The summed E-state index contributed by atoms with van der Waals surface area (Å²) in [6.45, 7) is 3.49. The highest BCUT2D eigenvalue weighted by Gasteiger charge is 2.29. The highest BCUT2D eigenvalue weighted by Crippen LogP contribution is 2.43. The highest BCUT2D eigenvalue weighted by atomic mass is 35.5. The lowest BCUT2D eigenvalue weighted by Gasteiger charge is -2.26. The zero-order chi connectivity index (χ0) is 13.2. The third kappa shape index (κ3) is 2.48. The topological polar surface area (TPSA) is 38.7 Å². The van der Waals surface area contributed by atoms with Crippen molar-refractivity contribution in [1.82, 2.24) is 0 Å². The molecule has 17 heavy (non-hydrogen) atoms. The molecule has 0 spiro atoms. The fourth-order valence-electron chi connectivity index (χ4n) is 1.56. The predicted molar refractivity (Wildman–Crippen MR) is 64.6 cm³/mol. The quantitative estimate of drug-likeness (QED) is 0.907. The molecule has 0 aliphatic heterocycles. The number of halogens is 2. The molecule has 1 rings (SSSR count). The average Bonchev–Trinajstić information content (AvgIpc) is 2.31. The first kappa shape index (κ1) is 14.1. The van der Waals surface area contributed by atoms with Crippen molar-refractivity contribution in [2.75, 3.05) is 20.8 Å². The number of rotatable bonds is 4. The summed E-state index contributed by atoms with van der Waals surface area (Å²) >= 11 is 5.80. The van der Waals surface area contributed by atoms with Crippen LogP contribution in [0.3, 0.4) is 0 Å². The van der Waals surface area contributed by atoms with Gasteiger partial charge in [0.1, 0.15) is 0 Å². The second-order valence-corrected chi connectivity index (χ2v) is 4.74. The van der Waals surface area contributed by atoms with Crippen molar-refractivity contribution in [2.24, 2.45) is 0 Å². The van der Waals surface area contributed by atoms with Crippen LogP contribution in [0.5, 0.6) is 11.5 Å². The molecule has 5 heteroatoms. The smallest absolute Gasteiger partial charge is 0.198 e. The van der Waals surface area contributed by atoms with Gasteiger partial charge >= 0.3 is 0 Å². The molecule has 0 amide bonds. The summed E-state index contributed by atoms with van der Waals surface area (Å²) in [6.07, 6.45) is 0. The summed E-state index contributed by atoms with van der Waals surface area (Å²) in [5, 5.41) is 9.30. The summed E-state index contributed by atoms with van der Waals surface area (Å²) in [5.74, 6) is -0.450. The van der Waals surface area contributed by atoms with E-state index in [4.69, 9.17) is 21.1 Å². The third-order valence-corrected chi connectivity index (χ3v) is 2.94. The van der Waals surface area contributed by atoms with Gasteiger partial charge in [0.25, 0.3) is 0 Å². The van der Waals surface area contributed by atoms with Crippen LogP contribution >= 0.6 is 11.6 Å². The van der Waals surface area contributed by atoms with Gasteiger partial charge in [0.15, 0.2) is 17.3 Å². The fraction of sp³-hybridized carbons (Fsp3) is 0.500. The van der Waals surface area contributed by atoms with Crippen LogP contribution in [0, 0.1) is 5.82 Å². The van der Waals surface area contributed by atoms with Crippen molar-refractivity contribution >= 4 is 11.6 Å². The predicted octanol–water partition coefficient (Wildman–Crippen LogP) is 2.77. The van der Waals surface area contributed by atoms with E-state index < -0.39 is 11.2 Å². The molecule has 1 aromatic carbocycles. The molecule has 0 aliphatic rings. The Morgan fingerprint density at radius 2 is 1.82 bits per heavy atom. The van der Waals surface area contributed by atoms with Gasteiger partial charge in [0, 0.05) is 11.0 Å². The van der Waals surface area contributed by atoms with E-state index in [1.807, 2.05) is 0 Å². The highest BCUT2D eigenvalue weighted by molar-refractivity contribution is 6.31. The molecule has 3 nitrogen and oxygen atoms in total. The minimum atomic E-state index is -0.663. The molecule has 96 valence electrons. The molecule has 1 N–H and O–H groups in total. The van der Waals surface area contributed by atoms with Crippen molar-refractivity contribution in [3.63, 3.8) is 0 Å². The SMILES string of the molecule is COc1c(C(C)(C)CO)cc(Cl)c(F)c1OC. The Bertz CT molecular complexity index is 419. The number of aliphatic hydroxyl groups is 1. The molecule has 0 unspecified atom stereocenters.